The lowest BCUT2D eigenvalue weighted by molar-refractivity contribution is -0.154. The first-order valence-electron chi connectivity index (χ1n) is 10.5. The van der Waals surface area contributed by atoms with E-state index in [4.69, 9.17) is 0 Å². The zero-order valence-electron chi connectivity index (χ0n) is 19.0. The first-order valence-corrected chi connectivity index (χ1v) is 10.5. The lowest BCUT2D eigenvalue weighted by Crippen LogP contribution is -2.52. The van der Waals surface area contributed by atoms with Crippen molar-refractivity contribution in [2.45, 2.75) is 40.5 Å². The van der Waals surface area contributed by atoms with E-state index in [2.05, 4.69) is 0 Å². The van der Waals surface area contributed by atoms with E-state index < -0.39 is 29.7 Å². The number of carbonyl (C=O) groups is 3. The molecule has 0 saturated heterocycles. The summed E-state index contributed by atoms with van der Waals surface area (Å²) in [6, 6.07) is 9.52. The van der Waals surface area contributed by atoms with Gasteiger partial charge in [0.2, 0.25) is 11.8 Å². The highest BCUT2D eigenvalue weighted by Crippen LogP contribution is 2.27. The third-order valence-electron chi connectivity index (χ3n) is 4.92. The smallest absolute Gasteiger partial charge is 0.426 e. The number of amides is 3. The molecule has 0 aliphatic heterocycles. The molecule has 2 atom stereocenters. The fourth-order valence-electron chi connectivity index (χ4n) is 3.43. The van der Waals surface area contributed by atoms with Crippen molar-refractivity contribution in [3.63, 3.8) is 0 Å². The minimum atomic E-state index is -1.24. The first-order chi connectivity index (χ1) is 14.6. The van der Waals surface area contributed by atoms with Gasteiger partial charge in [-0.25, -0.2) is 15.3 Å². The molecular formula is C23H35N3O5. The van der Waals surface area contributed by atoms with Crippen molar-refractivity contribution in [1.29, 1.82) is 0 Å². The molecule has 0 bridgehead atoms. The molecule has 0 unspecified atom stereocenters. The molecule has 31 heavy (non-hydrogen) atoms. The molecule has 0 fully saturated rings. The maximum absolute atomic E-state index is 13.3. The highest BCUT2D eigenvalue weighted by atomic mass is 16.5. The Morgan fingerprint density at radius 2 is 1.65 bits per heavy atom. The van der Waals surface area contributed by atoms with Crippen LogP contribution in [0.15, 0.2) is 36.4 Å². The summed E-state index contributed by atoms with van der Waals surface area (Å²) in [7, 11) is 1.40. The van der Waals surface area contributed by atoms with Crippen molar-refractivity contribution in [1.82, 2.24) is 15.5 Å². The number of rotatable bonds is 10. The minimum Gasteiger partial charge on any atom is -0.464 e. The van der Waals surface area contributed by atoms with Gasteiger partial charge in [0, 0.05) is 13.6 Å². The summed E-state index contributed by atoms with van der Waals surface area (Å²) in [5, 5.41) is 20.9. The Hall–Kier alpha value is -2.87. The van der Waals surface area contributed by atoms with E-state index in [9.17, 15) is 24.7 Å². The molecule has 3 amide bonds. The second-order valence-corrected chi connectivity index (χ2v) is 8.49. The third kappa shape index (κ3) is 8.41. The molecule has 8 nitrogen and oxygen atoms in total. The fraction of sp³-hybridized carbons (Fsp3) is 0.522. The molecule has 0 heterocycles. The number of benzene rings is 1. The highest BCUT2D eigenvalue weighted by molar-refractivity contribution is 5.88. The number of hydroxylamine groups is 1. The Morgan fingerprint density at radius 3 is 2.13 bits per heavy atom. The first kappa shape index (κ1) is 26.2. The quantitative estimate of drug-likeness (QED) is 0.383. The Kier molecular flexibility index (Phi) is 10.8. The van der Waals surface area contributed by atoms with Crippen LogP contribution in [0.1, 0.15) is 46.1 Å². The number of carbonyl (C=O) groups excluding carboxylic acids is 2. The minimum absolute atomic E-state index is 0.0141. The molecule has 172 valence electrons. The van der Waals surface area contributed by atoms with Crippen molar-refractivity contribution >= 4 is 24.0 Å². The molecule has 0 aliphatic carbocycles. The topological polar surface area (TPSA) is 110 Å². The summed E-state index contributed by atoms with van der Waals surface area (Å²) in [5.74, 6) is -2.70. The number of hydrazine groups is 1. The number of nitrogens with zero attached hydrogens (tertiary/aromatic N) is 2. The van der Waals surface area contributed by atoms with Gasteiger partial charge in [0.25, 0.3) is 0 Å². The standard InChI is InChI=1S/C23H35N3O5/c1-16(2)14-20(22(28)25(5)26(23(29)30)15-17(3)4)19(21(27)24-31)13-9-12-18-10-7-6-8-11-18/h6-12,16-17,19-20,31H,13-15H2,1-5H3,(H,24,27)(H,29,30)/t19-,20+/m0/s1. The molecule has 1 aromatic carbocycles. The van der Waals surface area contributed by atoms with Gasteiger partial charge in [-0.3, -0.25) is 19.8 Å². The molecular weight excluding hydrogens is 398 g/mol. The number of hydrogen-bond donors (Lipinski definition) is 3. The number of hydrogen-bond acceptors (Lipinski definition) is 4. The molecule has 0 radical (unpaired) electrons. The van der Waals surface area contributed by atoms with E-state index in [0.29, 0.717) is 6.42 Å². The number of carboxylic acid groups (broad SMARTS) is 1. The van der Waals surface area contributed by atoms with E-state index in [1.165, 1.54) is 7.05 Å². The predicted molar refractivity (Wildman–Crippen MR) is 119 cm³/mol. The monoisotopic (exact) mass is 433 g/mol. The average molecular weight is 434 g/mol. The SMILES string of the molecule is CC(C)C[C@@H](C(=O)N(C)N(CC(C)C)C(=O)O)[C@H](CC=Cc1ccccc1)C(=O)NO. The zero-order valence-corrected chi connectivity index (χ0v) is 19.0. The molecule has 0 saturated carbocycles. The van der Waals surface area contributed by atoms with Crippen LogP contribution in [0.4, 0.5) is 4.79 Å². The number of allylic oxidation sites excluding steroid dienone is 1. The average Bonchev–Trinajstić information content (AvgIpc) is 2.72. The van der Waals surface area contributed by atoms with E-state index in [1.807, 2.05) is 64.1 Å². The van der Waals surface area contributed by atoms with E-state index in [0.717, 1.165) is 15.6 Å². The van der Waals surface area contributed by atoms with E-state index in [1.54, 1.807) is 11.6 Å². The third-order valence-corrected chi connectivity index (χ3v) is 4.92. The molecule has 8 heteroatoms. The Labute approximate surface area is 184 Å². The fourth-order valence-corrected chi connectivity index (χ4v) is 3.43. The number of nitrogens with one attached hydrogen (secondary N) is 1. The van der Waals surface area contributed by atoms with Gasteiger partial charge in [-0.1, -0.05) is 70.2 Å². The van der Waals surface area contributed by atoms with Crippen molar-refractivity contribution in [3.05, 3.63) is 42.0 Å². The summed E-state index contributed by atoms with van der Waals surface area (Å²) < 4.78 is 0. The zero-order chi connectivity index (χ0) is 23.6. The molecule has 0 aromatic heterocycles. The van der Waals surface area contributed by atoms with Gasteiger partial charge >= 0.3 is 6.09 Å². The summed E-state index contributed by atoms with van der Waals surface area (Å²) >= 11 is 0. The lowest BCUT2D eigenvalue weighted by atomic mass is 9.82. The van der Waals surface area contributed by atoms with Crippen molar-refractivity contribution in [3.8, 4) is 0 Å². The van der Waals surface area contributed by atoms with Crippen molar-refractivity contribution < 1.29 is 24.7 Å². The van der Waals surface area contributed by atoms with Crippen molar-refractivity contribution in [2.75, 3.05) is 13.6 Å². The summed E-state index contributed by atoms with van der Waals surface area (Å²) in [5.41, 5.74) is 2.62. The Balaban J connectivity index is 3.18. The van der Waals surface area contributed by atoms with Crippen LogP contribution in [0.2, 0.25) is 0 Å². The van der Waals surface area contributed by atoms with Gasteiger partial charge in [0.15, 0.2) is 0 Å². The Morgan fingerprint density at radius 1 is 1.03 bits per heavy atom. The summed E-state index contributed by atoms with van der Waals surface area (Å²) in [6.07, 6.45) is 2.99. The Bertz CT molecular complexity index is 749. The highest BCUT2D eigenvalue weighted by Gasteiger charge is 2.37. The van der Waals surface area contributed by atoms with Crippen LogP contribution in [0.5, 0.6) is 0 Å². The van der Waals surface area contributed by atoms with E-state index in [-0.39, 0.29) is 24.8 Å². The van der Waals surface area contributed by atoms with E-state index >= 15 is 0 Å². The summed E-state index contributed by atoms with van der Waals surface area (Å²) in [6.45, 7) is 7.72. The normalized spacial score (nSPS) is 13.3. The lowest BCUT2D eigenvalue weighted by Gasteiger charge is -2.35. The maximum Gasteiger partial charge on any atom is 0.426 e. The van der Waals surface area contributed by atoms with Gasteiger partial charge in [0.05, 0.1) is 11.8 Å². The maximum atomic E-state index is 13.3. The molecule has 3 N–H and O–H groups in total. The van der Waals surface area contributed by atoms with Gasteiger partial charge in [-0.2, -0.15) is 0 Å². The second-order valence-electron chi connectivity index (χ2n) is 8.49. The molecule has 0 aliphatic rings. The predicted octanol–water partition coefficient (Wildman–Crippen LogP) is 3.88. The molecule has 0 spiro atoms. The molecule has 1 aromatic rings. The van der Waals surface area contributed by atoms with Gasteiger partial charge in [0.1, 0.15) is 0 Å². The van der Waals surface area contributed by atoms with Gasteiger partial charge < -0.3 is 5.11 Å². The summed E-state index contributed by atoms with van der Waals surface area (Å²) in [4.78, 5) is 37.5. The van der Waals surface area contributed by atoms with Gasteiger partial charge in [-0.15, -0.1) is 0 Å². The van der Waals surface area contributed by atoms with Crippen molar-refractivity contribution in [2.24, 2.45) is 23.7 Å². The van der Waals surface area contributed by atoms with Crippen LogP contribution in [0.3, 0.4) is 0 Å². The van der Waals surface area contributed by atoms with Crippen LogP contribution < -0.4 is 5.48 Å². The second kappa shape index (κ2) is 12.7. The van der Waals surface area contributed by atoms with Crippen LogP contribution in [0, 0.1) is 23.7 Å². The van der Waals surface area contributed by atoms with Crippen LogP contribution >= 0.6 is 0 Å². The van der Waals surface area contributed by atoms with Crippen LogP contribution in [-0.2, 0) is 9.59 Å². The van der Waals surface area contributed by atoms with Crippen LogP contribution in [0.25, 0.3) is 6.08 Å². The molecule has 1 rings (SSSR count). The largest absolute Gasteiger partial charge is 0.464 e. The van der Waals surface area contributed by atoms with Gasteiger partial charge in [-0.05, 0) is 30.2 Å². The van der Waals surface area contributed by atoms with Crippen LogP contribution in [-0.4, -0.2) is 51.8 Å².